The second-order valence-electron chi connectivity index (χ2n) is 5.14. The fourth-order valence-electron chi connectivity index (χ4n) is 2.60. The number of nitrogens with two attached hydrogens (primary N) is 1. The standard InChI is InChI=1S/C14H17F3N2O/c1-8(18)11-4-2-3-7-19(11)14(20)9-5-6-10(15)13(17)12(9)16/h5-6,8,11H,2-4,7,18H2,1H3. The van der Waals surface area contributed by atoms with Crippen LogP contribution in [-0.2, 0) is 0 Å². The smallest absolute Gasteiger partial charge is 0.257 e. The van der Waals surface area contributed by atoms with E-state index in [0.29, 0.717) is 6.54 Å². The molecular formula is C14H17F3N2O. The van der Waals surface area contributed by atoms with Crippen molar-refractivity contribution in [1.29, 1.82) is 0 Å². The number of nitrogens with zero attached hydrogens (tertiary/aromatic N) is 1. The van der Waals surface area contributed by atoms with Gasteiger partial charge in [-0.15, -0.1) is 0 Å². The first-order valence-corrected chi connectivity index (χ1v) is 6.63. The minimum atomic E-state index is -1.62. The molecule has 2 N–H and O–H groups in total. The van der Waals surface area contributed by atoms with E-state index in [0.717, 1.165) is 31.4 Å². The molecule has 0 bridgehead atoms. The minimum Gasteiger partial charge on any atom is -0.334 e. The first-order chi connectivity index (χ1) is 9.43. The Labute approximate surface area is 115 Å². The van der Waals surface area contributed by atoms with Gasteiger partial charge in [-0.2, -0.15) is 0 Å². The van der Waals surface area contributed by atoms with Crippen LogP contribution in [0.15, 0.2) is 12.1 Å². The fourth-order valence-corrected chi connectivity index (χ4v) is 2.60. The summed E-state index contributed by atoms with van der Waals surface area (Å²) in [6.45, 7) is 2.22. The van der Waals surface area contributed by atoms with E-state index in [1.165, 1.54) is 4.90 Å². The van der Waals surface area contributed by atoms with Gasteiger partial charge in [0.25, 0.3) is 5.91 Å². The van der Waals surface area contributed by atoms with Crippen LogP contribution >= 0.6 is 0 Å². The van der Waals surface area contributed by atoms with E-state index in [-0.39, 0.29) is 12.1 Å². The van der Waals surface area contributed by atoms with Gasteiger partial charge < -0.3 is 10.6 Å². The van der Waals surface area contributed by atoms with Crippen molar-refractivity contribution in [2.24, 2.45) is 5.73 Å². The summed E-state index contributed by atoms with van der Waals surface area (Å²) in [5, 5.41) is 0. The highest BCUT2D eigenvalue weighted by molar-refractivity contribution is 5.94. The predicted molar refractivity (Wildman–Crippen MR) is 68.6 cm³/mol. The number of carbonyl (C=O) groups excluding carboxylic acids is 1. The monoisotopic (exact) mass is 286 g/mol. The molecule has 1 aliphatic heterocycles. The summed E-state index contributed by atoms with van der Waals surface area (Å²) in [6, 6.07) is 1.27. The molecule has 6 heteroatoms. The molecule has 1 fully saturated rings. The van der Waals surface area contributed by atoms with Crippen molar-refractivity contribution in [3.63, 3.8) is 0 Å². The third-order valence-electron chi connectivity index (χ3n) is 3.68. The van der Waals surface area contributed by atoms with Gasteiger partial charge in [0.2, 0.25) is 0 Å². The zero-order valence-electron chi connectivity index (χ0n) is 11.2. The van der Waals surface area contributed by atoms with Gasteiger partial charge in [0, 0.05) is 18.6 Å². The van der Waals surface area contributed by atoms with Crippen LogP contribution < -0.4 is 5.73 Å². The highest BCUT2D eigenvalue weighted by atomic mass is 19.2. The quantitative estimate of drug-likeness (QED) is 0.849. The molecule has 0 aliphatic carbocycles. The molecule has 1 aromatic rings. The number of rotatable bonds is 2. The third-order valence-corrected chi connectivity index (χ3v) is 3.68. The second kappa shape index (κ2) is 5.83. The molecule has 20 heavy (non-hydrogen) atoms. The summed E-state index contributed by atoms with van der Waals surface area (Å²) < 4.78 is 39.8. The summed E-state index contributed by atoms with van der Waals surface area (Å²) >= 11 is 0. The van der Waals surface area contributed by atoms with Gasteiger partial charge >= 0.3 is 0 Å². The van der Waals surface area contributed by atoms with E-state index in [2.05, 4.69) is 0 Å². The zero-order chi connectivity index (χ0) is 14.9. The van der Waals surface area contributed by atoms with Crippen LogP contribution in [0.3, 0.4) is 0 Å². The van der Waals surface area contributed by atoms with Gasteiger partial charge in [0.1, 0.15) is 0 Å². The van der Waals surface area contributed by atoms with Gasteiger partial charge in [-0.25, -0.2) is 13.2 Å². The summed E-state index contributed by atoms with van der Waals surface area (Å²) in [4.78, 5) is 13.8. The lowest BCUT2D eigenvalue weighted by molar-refractivity contribution is 0.0577. The Bertz CT molecular complexity index is 519. The van der Waals surface area contributed by atoms with E-state index in [1.54, 1.807) is 6.92 Å². The Morgan fingerprint density at radius 1 is 1.30 bits per heavy atom. The van der Waals surface area contributed by atoms with E-state index in [4.69, 9.17) is 5.73 Å². The zero-order valence-corrected chi connectivity index (χ0v) is 11.2. The second-order valence-corrected chi connectivity index (χ2v) is 5.14. The highest BCUT2D eigenvalue weighted by Gasteiger charge is 2.32. The Hall–Kier alpha value is -1.56. The number of carbonyl (C=O) groups is 1. The largest absolute Gasteiger partial charge is 0.334 e. The fraction of sp³-hybridized carbons (Fsp3) is 0.500. The molecule has 0 aromatic heterocycles. The van der Waals surface area contributed by atoms with Gasteiger partial charge in [-0.3, -0.25) is 4.79 Å². The maximum atomic E-state index is 13.7. The number of piperidine rings is 1. The van der Waals surface area contributed by atoms with Crippen molar-refractivity contribution in [2.45, 2.75) is 38.3 Å². The van der Waals surface area contributed by atoms with E-state index in [9.17, 15) is 18.0 Å². The molecule has 1 aliphatic rings. The Kier molecular flexibility index (Phi) is 4.32. The first kappa shape index (κ1) is 14.8. The van der Waals surface area contributed by atoms with Crippen molar-refractivity contribution in [3.05, 3.63) is 35.1 Å². The van der Waals surface area contributed by atoms with Crippen LogP contribution in [0.1, 0.15) is 36.5 Å². The van der Waals surface area contributed by atoms with Crippen LogP contribution in [0.5, 0.6) is 0 Å². The SMILES string of the molecule is CC(N)C1CCCCN1C(=O)c1ccc(F)c(F)c1F. The average Bonchev–Trinajstić information content (AvgIpc) is 2.44. The molecule has 2 rings (SSSR count). The molecule has 1 saturated heterocycles. The molecule has 3 nitrogen and oxygen atoms in total. The number of likely N-dealkylation sites (tertiary alicyclic amines) is 1. The van der Waals surface area contributed by atoms with E-state index >= 15 is 0 Å². The maximum absolute atomic E-state index is 13.7. The van der Waals surface area contributed by atoms with Crippen LogP contribution in [0.25, 0.3) is 0 Å². The van der Waals surface area contributed by atoms with Crippen LogP contribution in [-0.4, -0.2) is 29.4 Å². The van der Waals surface area contributed by atoms with E-state index in [1.807, 2.05) is 0 Å². The van der Waals surface area contributed by atoms with Gasteiger partial charge in [-0.05, 0) is 38.3 Å². The molecular weight excluding hydrogens is 269 g/mol. The Morgan fingerprint density at radius 2 is 2.00 bits per heavy atom. The number of amides is 1. The molecule has 0 saturated carbocycles. The van der Waals surface area contributed by atoms with E-state index < -0.39 is 28.9 Å². The molecule has 1 amide bonds. The summed E-state index contributed by atoms with van der Waals surface area (Å²) in [5.74, 6) is -5.00. The molecule has 2 atom stereocenters. The van der Waals surface area contributed by atoms with Crippen molar-refractivity contribution in [2.75, 3.05) is 6.54 Å². The number of halogens is 3. The average molecular weight is 286 g/mol. The van der Waals surface area contributed by atoms with Crippen LogP contribution in [0.2, 0.25) is 0 Å². The Morgan fingerprint density at radius 3 is 2.65 bits per heavy atom. The van der Waals surface area contributed by atoms with Gasteiger partial charge in [0.05, 0.1) is 5.56 Å². The highest BCUT2D eigenvalue weighted by Crippen LogP contribution is 2.23. The molecule has 1 heterocycles. The molecule has 0 spiro atoms. The third kappa shape index (κ3) is 2.65. The van der Waals surface area contributed by atoms with Crippen LogP contribution in [0.4, 0.5) is 13.2 Å². The van der Waals surface area contributed by atoms with Crippen molar-refractivity contribution in [1.82, 2.24) is 4.90 Å². The van der Waals surface area contributed by atoms with Crippen molar-refractivity contribution < 1.29 is 18.0 Å². The lowest BCUT2D eigenvalue weighted by atomic mass is 9.96. The Balaban J connectivity index is 2.32. The first-order valence-electron chi connectivity index (χ1n) is 6.63. The summed E-state index contributed by atoms with van der Waals surface area (Å²) in [6.07, 6.45) is 2.46. The molecule has 110 valence electrons. The van der Waals surface area contributed by atoms with Gasteiger partial charge in [0.15, 0.2) is 17.5 Å². The number of hydrogen-bond donors (Lipinski definition) is 1. The minimum absolute atomic E-state index is 0.205. The molecule has 1 aromatic carbocycles. The maximum Gasteiger partial charge on any atom is 0.257 e. The van der Waals surface area contributed by atoms with Crippen molar-refractivity contribution >= 4 is 5.91 Å². The van der Waals surface area contributed by atoms with Gasteiger partial charge in [-0.1, -0.05) is 0 Å². The molecule has 2 unspecified atom stereocenters. The number of hydrogen-bond acceptors (Lipinski definition) is 2. The van der Waals surface area contributed by atoms with Crippen LogP contribution in [0, 0.1) is 17.5 Å². The lowest BCUT2D eigenvalue weighted by Gasteiger charge is -2.38. The lowest BCUT2D eigenvalue weighted by Crippen LogP contribution is -2.51. The number of benzene rings is 1. The predicted octanol–water partition coefficient (Wildman–Crippen LogP) is 2.45. The molecule has 0 radical (unpaired) electrons. The normalized spacial score (nSPS) is 20.9. The summed E-state index contributed by atoms with van der Waals surface area (Å²) in [5.41, 5.74) is 5.40. The van der Waals surface area contributed by atoms with Crippen molar-refractivity contribution in [3.8, 4) is 0 Å². The summed E-state index contributed by atoms with van der Waals surface area (Å²) in [7, 11) is 0. The topological polar surface area (TPSA) is 46.3 Å².